The predicted octanol–water partition coefficient (Wildman–Crippen LogP) is 2.78. The molecule has 0 bridgehead atoms. The van der Waals surface area contributed by atoms with Crippen LogP contribution in [-0.2, 0) is 0 Å². The molecule has 0 saturated heterocycles. The Labute approximate surface area is 79.2 Å². The minimum Gasteiger partial charge on any atom is -0.508 e. The van der Waals surface area contributed by atoms with Crippen molar-refractivity contribution in [3.8, 4) is 11.5 Å². The topological polar surface area (TPSA) is 29.5 Å². The third-order valence-electron chi connectivity index (χ3n) is 1.75. The summed E-state index contributed by atoms with van der Waals surface area (Å²) in [5.74, 6) is 1.08. The molecule has 1 rings (SSSR count). The van der Waals surface area contributed by atoms with E-state index in [4.69, 9.17) is 9.84 Å². The molecule has 0 aliphatic rings. The Morgan fingerprint density at radius 1 is 1.15 bits per heavy atom. The first-order chi connectivity index (χ1) is 6.33. The highest BCUT2D eigenvalue weighted by Crippen LogP contribution is 2.16. The van der Waals surface area contributed by atoms with Crippen molar-refractivity contribution in [1.82, 2.24) is 0 Å². The minimum absolute atomic E-state index is 0.269. The van der Waals surface area contributed by atoms with Crippen LogP contribution in [0.5, 0.6) is 11.5 Å². The summed E-state index contributed by atoms with van der Waals surface area (Å²) in [7, 11) is 0. The zero-order valence-corrected chi connectivity index (χ0v) is 7.70. The van der Waals surface area contributed by atoms with Crippen LogP contribution in [0, 0.1) is 6.92 Å². The largest absolute Gasteiger partial charge is 0.508 e. The molecule has 0 fully saturated rings. The maximum atomic E-state index is 9.00. The molecule has 1 aromatic carbocycles. The maximum absolute atomic E-state index is 9.00. The lowest BCUT2D eigenvalue weighted by molar-refractivity contribution is 0.306. The summed E-state index contributed by atoms with van der Waals surface area (Å²) in [6, 6.07) is 6.77. The molecular formula is C11H15O2. The molecule has 0 aliphatic heterocycles. The lowest BCUT2D eigenvalue weighted by Gasteiger charge is -2.04. The van der Waals surface area contributed by atoms with E-state index in [-0.39, 0.29) is 5.75 Å². The van der Waals surface area contributed by atoms with E-state index in [1.54, 1.807) is 24.3 Å². The van der Waals surface area contributed by atoms with Gasteiger partial charge in [-0.1, -0.05) is 19.8 Å². The van der Waals surface area contributed by atoms with Crippen molar-refractivity contribution in [2.75, 3.05) is 6.61 Å². The summed E-state index contributed by atoms with van der Waals surface area (Å²) < 4.78 is 5.42. The standard InChI is InChI=1S/C11H15O2/c1-2-3-4-9-13-11-7-5-10(12)6-8-11/h5-8,12H,1-4,9H2. The Hall–Kier alpha value is -1.18. The molecule has 1 N–H and O–H groups in total. The van der Waals surface area contributed by atoms with Crippen LogP contribution in [0.3, 0.4) is 0 Å². The van der Waals surface area contributed by atoms with Gasteiger partial charge in [0.05, 0.1) is 6.61 Å². The Morgan fingerprint density at radius 2 is 1.85 bits per heavy atom. The van der Waals surface area contributed by atoms with Crippen LogP contribution in [0.4, 0.5) is 0 Å². The van der Waals surface area contributed by atoms with Crippen LogP contribution in [0.15, 0.2) is 24.3 Å². The molecule has 0 aromatic heterocycles. The van der Waals surface area contributed by atoms with E-state index >= 15 is 0 Å². The Morgan fingerprint density at radius 3 is 2.46 bits per heavy atom. The first-order valence-corrected chi connectivity index (χ1v) is 4.54. The first kappa shape index (κ1) is 9.90. The number of ether oxygens (including phenoxy) is 1. The summed E-state index contributed by atoms with van der Waals surface area (Å²) in [6.45, 7) is 4.48. The van der Waals surface area contributed by atoms with Crippen LogP contribution >= 0.6 is 0 Å². The zero-order valence-electron chi connectivity index (χ0n) is 7.70. The molecule has 71 valence electrons. The average molecular weight is 179 g/mol. The molecule has 0 atom stereocenters. The van der Waals surface area contributed by atoms with Gasteiger partial charge in [0.1, 0.15) is 11.5 Å². The van der Waals surface area contributed by atoms with Crippen LogP contribution in [0.1, 0.15) is 19.3 Å². The summed E-state index contributed by atoms with van der Waals surface area (Å²) in [4.78, 5) is 0. The predicted molar refractivity (Wildman–Crippen MR) is 52.8 cm³/mol. The molecule has 0 unspecified atom stereocenters. The summed E-state index contributed by atoms with van der Waals surface area (Å²) >= 11 is 0. The van der Waals surface area contributed by atoms with Gasteiger partial charge in [0, 0.05) is 0 Å². The third-order valence-corrected chi connectivity index (χ3v) is 1.75. The first-order valence-electron chi connectivity index (χ1n) is 4.54. The lowest BCUT2D eigenvalue weighted by atomic mass is 10.3. The Kier molecular flexibility index (Phi) is 4.16. The van der Waals surface area contributed by atoms with Crippen LogP contribution < -0.4 is 4.74 Å². The van der Waals surface area contributed by atoms with Crippen molar-refractivity contribution >= 4 is 0 Å². The molecule has 0 saturated carbocycles. The normalized spacial score (nSPS) is 9.92. The molecule has 2 heteroatoms. The number of benzene rings is 1. The van der Waals surface area contributed by atoms with E-state index in [1.165, 1.54) is 0 Å². The number of unbranched alkanes of at least 4 members (excludes halogenated alkanes) is 2. The molecule has 13 heavy (non-hydrogen) atoms. The number of phenols is 1. The fourth-order valence-electron chi connectivity index (χ4n) is 1.01. The number of hydrogen-bond acceptors (Lipinski definition) is 2. The molecule has 0 aliphatic carbocycles. The van der Waals surface area contributed by atoms with Gasteiger partial charge in [-0.3, -0.25) is 0 Å². The molecular weight excluding hydrogens is 164 g/mol. The van der Waals surface area contributed by atoms with E-state index in [2.05, 4.69) is 6.92 Å². The quantitative estimate of drug-likeness (QED) is 0.704. The van der Waals surface area contributed by atoms with Gasteiger partial charge in [-0.05, 0) is 30.7 Å². The van der Waals surface area contributed by atoms with Crippen molar-refractivity contribution in [3.63, 3.8) is 0 Å². The fourth-order valence-corrected chi connectivity index (χ4v) is 1.01. The minimum atomic E-state index is 0.269. The molecule has 0 spiro atoms. The van der Waals surface area contributed by atoms with E-state index in [9.17, 15) is 0 Å². The van der Waals surface area contributed by atoms with Gasteiger partial charge < -0.3 is 9.84 Å². The van der Waals surface area contributed by atoms with E-state index in [0.29, 0.717) is 0 Å². The van der Waals surface area contributed by atoms with Crippen molar-refractivity contribution in [2.45, 2.75) is 19.3 Å². The van der Waals surface area contributed by atoms with Gasteiger partial charge in [0.15, 0.2) is 0 Å². The van der Waals surface area contributed by atoms with Crippen LogP contribution in [0.25, 0.3) is 0 Å². The SMILES string of the molecule is [CH2]CCCCOc1ccc(O)cc1. The second-order valence-corrected chi connectivity index (χ2v) is 2.90. The van der Waals surface area contributed by atoms with Gasteiger partial charge in [-0.2, -0.15) is 0 Å². The summed E-state index contributed by atoms with van der Waals surface area (Å²) in [5, 5.41) is 9.00. The van der Waals surface area contributed by atoms with Gasteiger partial charge in [-0.15, -0.1) is 0 Å². The number of hydrogen-bond donors (Lipinski definition) is 1. The highest BCUT2D eigenvalue weighted by molar-refractivity contribution is 5.29. The van der Waals surface area contributed by atoms with Gasteiger partial charge in [0.25, 0.3) is 0 Å². The summed E-state index contributed by atoms with van der Waals surface area (Å²) in [6.07, 6.45) is 3.08. The second-order valence-electron chi connectivity index (χ2n) is 2.90. The number of rotatable bonds is 5. The zero-order chi connectivity index (χ0) is 9.52. The number of aromatic hydroxyl groups is 1. The van der Waals surface area contributed by atoms with Crippen molar-refractivity contribution in [3.05, 3.63) is 31.2 Å². The fraction of sp³-hybridized carbons (Fsp3) is 0.364. The summed E-state index contributed by atoms with van der Waals surface area (Å²) in [5.41, 5.74) is 0. The maximum Gasteiger partial charge on any atom is 0.119 e. The monoisotopic (exact) mass is 179 g/mol. The molecule has 0 amide bonds. The molecule has 0 heterocycles. The Bertz CT molecular complexity index is 228. The van der Waals surface area contributed by atoms with Crippen molar-refractivity contribution < 1.29 is 9.84 Å². The molecule has 2 nitrogen and oxygen atoms in total. The van der Waals surface area contributed by atoms with Crippen molar-refractivity contribution in [2.24, 2.45) is 0 Å². The highest BCUT2D eigenvalue weighted by atomic mass is 16.5. The van der Waals surface area contributed by atoms with Crippen LogP contribution in [-0.4, -0.2) is 11.7 Å². The lowest BCUT2D eigenvalue weighted by Crippen LogP contribution is -1.96. The van der Waals surface area contributed by atoms with E-state index in [1.807, 2.05) is 0 Å². The highest BCUT2D eigenvalue weighted by Gasteiger charge is 1.92. The molecule has 1 radical (unpaired) electrons. The number of phenolic OH excluding ortho intramolecular Hbond substituents is 1. The van der Waals surface area contributed by atoms with Gasteiger partial charge >= 0.3 is 0 Å². The second kappa shape index (κ2) is 5.46. The van der Waals surface area contributed by atoms with E-state index < -0.39 is 0 Å². The van der Waals surface area contributed by atoms with Gasteiger partial charge in [0.2, 0.25) is 0 Å². The Balaban J connectivity index is 2.25. The van der Waals surface area contributed by atoms with E-state index in [0.717, 1.165) is 31.6 Å². The van der Waals surface area contributed by atoms with Crippen molar-refractivity contribution in [1.29, 1.82) is 0 Å². The molecule has 1 aromatic rings. The third kappa shape index (κ3) is 3.83. The smallest absolute Gasteiger partial charge is 0.119 e. The van der Waals surface area contributed by atoms with Crippen LogP contribution in [0.2, 0.25) is 0 Å². The average Bonchev–Trinajstić information content (AvgIpc) is 2.15. The van der Waals surface area contributed by atoms with Gasteiger partial charge in [-0.25, -0.2) is 0 Å².